The van der Waals surface area contributed by atoms with Crippen LogP contribution in [0, 0.1) is 11.6 Å². The van der Waals surface area contributed by atoms with E-state index in [1.54, 1.807) is 18.2 Å². The van der Waals surface area contributed by atoms with Crippen molar-refractivity contribution >= 4 is 17.5 Å². The van der Waals surface area contributed by atoms with Crippen LogP contribution in [0.3, 0.4) is 0 Å². The Balaban J connectivity index is 2.25. The van der Waals surface area contributed by atoms with Gasteiger partial charge in [-0.2, -0.15) is 5.10 Å². The summed E-state index contributed by atoms with van der Waals surface area (Å²) in [6.07, 6.45) is 0. The van der Waals surface area contributed by atoms with E-state index in [9.17, 15) is 13.6 Å². The molecular weight excluding hydrogens is 392 g/mol. The lowest BCUT2D eigenvalue weighted by Crippen LogP contribution is -2.14. The van der Waals surface area contributed by atoms with Crippen LogP contribution in [0.4, 0.5) is 8.78 Å². The molecule has 0 aliphatic carbocycles. The van der Waals surface area contributed by atoms with Crippen molar-refractivity contribution in [2.24, 2.45) is 5.73 Å². The zero-order valence-electron chi connectivity index (χ0n) is 15.0. The lowest BCUT2D eigenvalue weighted by molar-refractivity contribution is 0.0995. The third kappa shape index (κ3) is 3.50. The van der Waals surface area contributed by atoms with Crippen molar-refractivity contribution in [1.82, 2.24) is 9.78 Å². The summed E-state index contributed by atoms with van der Waals surface area (Å²) in [5.74, 6) is -1.50. The number of hydrogen-bond donors (Lipinski definition) is 1. The van der Waals surface area contributed by atoms with E-state index in [-0.39, 0.29) is 28.5 Å². The molecule has 0 spiro atoms. The van der Waals surface area contributed by atoms with Crippen molar-refractivity contribution in [3.63, 3.8) is 0 Å². The molecule has 0 fully saturated rings. The minimum absolute atomic E-state index is 0.0594. The van der Waals surface area contributed by atoms with Crippen molar-refractivity contribution in [3.8, 4) is 22.8 Å². The number of ether oxygens (including phenoxy) is 2. The minimum Gasteiger partial charge on any atom is -0.497 e. The molecule has 2 aromatic carbocycles. The van der Waals surface area contributed by atoms with Gasteiger partial charge in [0.15, 0.2) is 5.69 Å². The fourth-order valence-electron chi connectivity index (χ4n) is 2.80. The number of primary amides is 1. The number of nitrogens with zero attached hydrogens (tertiary/aromatic N) is 2. The summed E-state index contributed by atoms with van der Waals surface area (Å²) < 4.78 is 40.1. The number of carbonyl (C=O) groups excluding carboxylic acids is 1. The van der Waals surface area contributed by atoms with Gasteiger partial charge in [-0.15, -0.1) is 0 Å². The van der Waals surface area contributed by atoms with Gasteiger partial charge in [0, 0.05) is 11.1 Å². The summed E-state index contributed by atoms with van der Waals surface area (Å²) >= 11 is 6.36. The minimum atomic E-state index is -0.874. The fraction of sp³-hybridized carbons (Fsp3) is 0.158. The van der Waals surface area contributed by atoms with Crippen molar-refractivity contribution in [2.75, 3.05) is 14.2 Å². The Morgan fingerprint density at radius 2 is 1.86 bits per heavy atom. The summed E-state index contributed by atoms with van der Waals surface area (Å²) in [5, 5.41) is 4.02. The number of aromatic nitrogens is 2. The molecule has 1 heterocycles. The van der Waals surface area contributed by atoms with Crippen LogP contribution in [0.25, 0.3) is 11.3 Å². The van der Waals surface area contributed by atoms with Crippen LogP contribution in [0.1, 0.15) is 16.1 Å². The van der Waals surface area contributed by atoms with E-state index in [2.05, 4.69) is 5.10 Å². The van der Waals surface area contributed by atoms with Crippen LogP contribution in [-0.4, -0.2) is 29.9 Å². The molecule has 28 heavy (non-hydrogen) atoms. The number of benzene rings is 2. The van der Waals surface area contributed by atoms with Crippen molar-refractivity contribution in [2.45, 2.75) is 6.54 Å². The third-order valence-electron chi connectivity index (χ3n) is 4.16. The molecule has 0 saturated carbocycles. The lowest BCUT2D eigenvalue weighted by Gasteiger charge is -2.14. The molecule has 0 aliphatic heterocycles. The smallest absolute Gasteiger partial charge is 0.270 e. The number of carbonyl (C=O) groups is 1. The molecule has 0 aliphatic rings. The Labute approximate surface area is 164 Å². The SMILES string of the molecule is COc1ccc(OC)c(-c2c(Cl)c(C(N)=O)nn2Cc2c(F)cccc2F)c1. The van der Waals surface area contributed by atoms with Gasteiger partial charge in [0.2, 0.25) is 0 Å². The van der Waals surface area contributed by atoms with Crippen molar-refractivity contribution in [1.29, 1.82) is 0 Å². The van der Waals surface area contributed by atoms with Crippen LogP contribution < -0.4 is 15.2 Å². The van der Waals surface area contributed by atoms with Crippen LogP contribution in [0.15, 0.2) is 36.4 Å². The molecule has 0 bridgehead atoms. The first-order valence-electron chi connectivity index (χ1n) is 8.08. The van der Waals surface area contributed by atoms with Crippen LogP contribution in [0.5, 0.6) is 11.5 Å². The van der Waals surface area contributed by atoms with Crippen LogP contribution >= 0.6 is 11.6 Å². The highest BCUT2D eigenvalue weighted by Gasteiger charge is 2.25. The van der Waals surface area contributed by atoms with Gasteiger partial charge in [0.1, 0.15) is 23.1 Å². The first-order chi connectivity index (χ1) is 13.4. The van der Waals surface area contributed by atoms with Gasteiger partial charge >= 0.3 is 0 Å². The van der Waals surface area contributed by atoms with Crippen molar-refractivity contribution < 1.29 is 23.0 Å². The highest BCUT2D eigenvalue weighted by molar-refractivity contribution is 6.36. The van der Waals surface area contributed by atoms with Gasteiger partial charge in [-0.05, 0) is 30.3 Å². The highest BCUT2D eigenvalue weighted by Crippen LogP contribution is 2.39. The second-order valence-electron chi connectivity index (χ2n) is 5.80. The molecule has 3 rings (SSSR count). The molecule has 146 valence electrons. The van der Waals surface area contributed by atoms with Gasteiger partial charge in [0.25, 0.3) is 5.91 Å². The first kappa shape index (κ1) is 19.6. The molecule has 1 amide bonds. The molecule has 3 aromatic rings. The van der Waals surface area contributed by atoms with E-state index in [1.807, 2.05) is 0 Å². The van der Waals surface area contributed by atoms with Gasteiger partial charge in [-0.1, -0.05) is 17.7 Å². The Morgan fingerprint density at radius 3 is 2.43 bits per heavy atom. The maximum atomic E-state index is 14.1. The molecule has 6 nitrogen and oxygen atoms in total. The van der Waals surface area contributed by atoms with E-state index in [0.29, 0.717) is 17.1 Å². The van der Waals surface area contributed by atoms with E-state index in [0.717, 1.165) is 12.1 Å². The summed E-state index contributed by atoms with van der Waals surface area (Å²) in [4.78, 5) is 11.7. The second kappa shape index (κ2) is 7.85. The molecule has 0 saturated heterocycles. The van der Waals surface area contributed by atoms with E-state index >= 15 is 0 Å². The monoisotopic (exact) mass is 407 g/mol. The van der Waals surface area contributed by atoms with Gasteiger partial charge in [0.05, 0.1) is 31.5 Å². The normalized spacial score (nSPS) is 10.8. The van der Waals surface area contributed by atoms with Gasteiger partial charge in [-0.3, -0.25) is 9.48 Å². The Bertz CT molecular complexity index is 1030. The molecule has 0 unspecified atom stereocenters. The second-order valence-corrected chi connectivity index (χ2v) is 6.18. The Hall–Kier alpha value is -3.13. The molecular formula is C19H16ClF2N3O3. The largest absolute Gasteiger partial charge is 0.497 e. The number of nitrogens with two attached hydrogens (primary N) is 1. The summed E-state index contributed by atoms with van der Waals surface area (Å²) in [6.45, 7) is -0.318. The average molecular weight is 408 g/mol. The summed E-state index contributed by atoms with van der Waals surface area (Å²) in [6, 6.07) is 8.43. The fourth-order valence-corrected chi connectivity index (χ4v) is 3.13. The number of methoxy groups -OCH3 is 2. The zero-order chi connectivity index (χ0) is 20.4. The number of rotatable bonds is 6. The standard InChI is InChI=1S/C19H16ClF2N3O3/c1-27-10-6-7-15(28-2)11(8-10)18-16(20)17(19(23)26)24-25(18)9-12-13(21)4-3-5-14(12)22/h3-8H,9H2,1-2H3,(H2,23,26). The molecule has 0 atom stereocenters. The quantitative estimate of drug-likeness (QED) is 0.676. The topological polar surface area (TPSA) is 79.4 Å². The maximum Gasteiger partial charge on any atom is 0.270 e. The number of halogens is 3. The Morgan fingerprint density at radius 1 is 1.18 bits per heavy atom. The summed E-state index contributed by atoms with van der Waals surface area (Å²) in [7, 11) is 2.93. The summed E-state index contributed by atoms with van der Waals surface area (Å²) in [5.41, 5.74) is 5.53. The highest BCUT2D eigenvalue weighted by atomic mass is 35.5. The predicted molar refractivity (Wildman–Crippen MR) is 99.8 cm³/mol. The zero-order valence-corrected chi connectivity index (χ0v) is 15.8. The third-order valence-corrected chi connectivity index (χ3v) is 4.52. The maximum absolute atomic E-state index is 14.1. The van der Waals surface area contributed by atoms with Crippen LogP contribution in [0.2, 0.25) is 5.02 Å². The number of hydrogen-bond acceptors (Lipinski definition) is 4. The predicted octanol–water partition coefficient (Wildman–Crippen LogP) is 3.65. The van der Waals surface area contributed by atoms with E-state index < -0.39 is 17.5 Å². The molecule has 9 heteroatoms. The molecule has 0 radical (unpaired) electrons. The van der Waals surface area contributed by atoms with E-state index in [4.69, 9.17) is 26.8 Å². The van der Waals surface area contributed by atoms with Crippen LogP contribution in [-0.2, 0) is 6.54 Å². The number of amides is 1. The lowest BCUT2D eigenvalue weighted by atomic mass is 10.1. The molecule has 1 aromatic heterocycles. The van der Waals surface area contributed by atoms with Crippen molar-refractivity contribution in [3.05, 3.63) is 64.3 Å². The van der Waals surface area contributed by atoms with Gasteiger partial charge < -0.3 is 15.2 Å². The molecule has 2 N–H and O–H groups in total. The average Bonchev–Trinajstić information content (AvgIpc) is 3.00. The van der Waals surface area contributed by atoms with E-state index in [1.165, 1.54) is 25.0 Å². The van der Waals surface area contributed by atoms with Gasteiger partial charge in [-0.25, -0.2) is 8.78 Å². The Kier molecular flexibility index (Phi) is 5.51. The first-order valence-corrected chi connectivity index (χ1v) is 8.46.